The fraction of sp³-hybridized carbons (Fsp3) is 0.222. The first-order chi connectivity index (χ1) is 12.9. The van der Waals surface area contributed by atoms with E-state index in [0.717, 1.165) is 0 Å². The number of nitrogens with one attached hydrogen (secondary N) is 1. The third-order valence-corrected chi connectivity index (χ3v) is 3.65. The number of aromatic nitrogens is 1. The van der Waals surface area contributed by atoms with Crippen molar-refractivity contribution in [1.82, 2.24) is 10.3 Å². The second kappa shape index (κ2) is 9.54. The molecule has 1 aromatic heterocycles. The van der Waals surface area contributed by atoms with Crippen molar-refractivity contribution < 1.29 is 28.6 Å². The number of Topliss-reactive ketones (excluding diaryl/α,β-unsaturated/α-hetero) is 1. The molecule has 1 N–H and O–H groups in total. The van der Waals surface area contributed by atoms with Crippen molar-refractivity contribution in [2.45, 2.75) is 0 Å². The van der Waals surface area contributed by atoms with Crippen molar-refractivity contribution in [3.05, 3.63) is 52.8 Å². The molecule has 0 saturated carbocycles. The lowest BCUT2D eigenvalue weighted by Gasteiger charge is -2.10. The Morgan fingerprint density at radius 1 is 1.11 bits per heavy atom. The largest absolute Gasteiger partial charge is 0.497 e. The fourth-order valence-electron chi connectivity index (χ4n) is 2.08. The van der Waals surface area contributed by atoms with E-state index in [1.54, 1.807) is 12.1 Å². The summed E-state index contributed by atoms with van der Waals surface area (Å²) < 4.78 is 15.1. The van der Waals surface area contributed by atoms with Gasteiger partial charge < -0.3 is 19.5 Å². The molecule has 0 spiro atoms. The predicted molar refractivity (Wildman–Crippen MR) is 96.4 cm³/mol. The highest BCUT2D eigenvalue weighted by atomic mass is 35.5. The summed E-state index contributed by atoms with van der Waals surface area (Å²) in [6, 6.07) is 7.58. The van der Waals surface area contributed by atoms with Gasteiger partial charge in [-0.1, -0.05) is 11.6 Å². The van der Waals surface area contributed by atoms with Crippen molar-refractivity contribution in [2.75, 3.05) is 27.4 Å². The molecule has 27 heavy (non-hydrogen) atoms. The summed E-state index contributed by atoms with van der Waals surface area (Å²) in [7, 11) is 2.89. The Balaban J connectivity index is 1.88. The average Bonchev–Trinajstić information content (AvgIpc) is 2.69. The zero-order valence-corrected chi connectivity index (χ0v) is 15.4. The van der Waals surface area contributed by atoms with Gasteiger partial charge in [0.2, 0.25) is 5.78 Å². The molecule has 0 aliphatic rings. The van der Waals surface area contributed by atoms with E-state index in [0.29, 0.717) is 16.5 Å². The first kappa shape index (κ1) is 20.2. The van der Waals surface area contributed by atoms with Crippen LogP contribution in [-0.2, 0) is 9.53 Å². The predicted octanol–water partition coefficient (Wildman–Crippen LogP) is 1.91. The Bertz CT molecular complexity index is 855. The van der Waals surface area contributed by atoms with Gasteiger partial charge in [0.15, 0.2) is 6.61 Å². The number of esters is 1. The fourth-order valence-corrected chi connectivity index (χ4v) is 2.24. The average molecular weight is 393 g/mol. The molecule has 0 aliphatic heterocycles. The van der Waals surface area contributed by atoms with E-state index < -0.39 is 30.8 Å². The Hall–Kier alpha value is -3.13. The van der Waals surface area contributed by atoms with Gasteiger partial charge in [0.05, 0.1) is 19.8 Å². The number of carbonyl (C=O) groups is 3. The van der Waals surface area contributed by atoms with Gasteiger partial charge in [0.1, 0.15) is 23.7 Å². The molecule has 0 unspecified atom stereocenters. The number of hydrogen-bond donors (Lipinski definition) is 1. The number of ketones is 1. The van der Waals surface area contributed by atoms with Crippen LogP contribution in [0.2, 0.25) is 5.02 Å². The molecular formula is C18H17ClN2O6. The maximum absolute atomic E-state index is 12.3. The highest BCUT2D eigenvalue weighted by molar-refractivity contribution is 6.30. The van der Waals surface area contributed by atoms with E-state index in [4.69, 9.17) is 25.8 Å². The molecule has 0 atom stereocenters. The third-order valence-electron chi connectivity index (χ3n) is 3.42. The number of methoxy groups -OCH3 is 2. The summed E-state index contributed by atoms with van der Waals surface area (Å²) in [6.45, 7) is -0.927. The molecule has 1 heterocycles. The number of hydrogen-bond acceptors (Lipinski definition) is 7. The van der Waals surface area contributed by atoms with Crippen molar-refractivity contribution in [2.24, 2.45) is 0 Å². The van der Waals surface area contributed by atoms with Crippen LogP contribution in [0.25, 0.3) is 0 Å². The van der Waals surface area contributed by atoms with Crippen LogP contribution in [0.1, 0.15) is 20.8 Å². The van der Waals surface area contributed by atoms with Crippen molar-refractivity contribution in [1.29, 1.82) is 0 Å². The van der Waals surface area contributed by atoms with Crippen LogP contribution in [0.3, 0.4) is 0 Å². The zero-order chi connectivity index (χ0) is 19.8. The van der Waals surface area contributed by atoms with Crippen molar-refractivity contribution >= 4 is 29.3 Å². The van der Waals surface area contributed by atoms with Gasteiger partial charge >= 0.3 is 5.97 Å². The van der Waals surface area contributed by atoms with E-state index in [1.807, 2.05) is 0 Å². The van der Waals surface area contributed by atoms with Gasteiger partial charge in [-0.2, -0.15) is 0 Å². The molecule has 0 radical (unpaired) electrons. The van der Waals surface area contributed by atoms with E-state index in [-0.39, 0.29) is 11.3 Å². The monoisotopic (exact) mass is 392 g/mol. The SMILES string of the molecule is COc1ccc(OC)c(C(=O)COC(=O)CNC(=O)c2cc(Cl)ccn2)c1. The molecule has 1 amide bonds. The number of pyridine rings is 1. The smallest absolute Gasteiger partial charge is 0.325 e. The second-order valence-corrected chi connectivity index (χ2v) is 5.63. The summed E-state index contributed by atoms with van der Waals surface area (Å²) in [5.41, 5.74) is 0.282. The maximum Gasteiger partial charge on any atom is 0.325 e. The minimum Gasteiger partial charge on any atom is -0.497 e. The van der Waals surface area contributed by atoms with Crippen molar-refractivity contribution in [3.63, 3.8) is 0 Å². The van der Waals surface area contributed by atoms with Crippen LogP contribution >= 0.6 is 11.6 Å². The number of rotatable bonds is 8. The van der Waals surface area contributed by atoms with Gasteiger partial charge in [-0.05, 0) is 30.3 Å². The third kappa shape index (κ3) is 5.68. The molecule has 0 aliphatic carbocycles. The summed E-state index contributed by atoms with van der Waals surface area (Å²) in [6.07, 6.45) is 1.37. The van der Waals surface area contributed by atoms with Crippen molar-refractivity contribution in [3.8, 4) is 11.5 Å². The summed E-state index contributed by atoms with van der Waals surface area (Å²) >= 11 is 5.77. The lowest BCUT2D eigenvalue weighted by atomic mass is 10.1. The number of carbonyl (C=O) groups excluding carboxylic acids is 3. The summed E-state index contributed by atoms with van der Waals surface area (Å²) in [5, 5.41) is 2.68. The second-order valence-electron chi connectivity index (χ2n) is 5.19. The Morgan fingerprint density at radius 2 is 1.89 bits per heavy atom. The van der Waals surface area contributed by atoms with E-state index in [9.17, 15) is 14.4 Å². The molecule has 0 bridgehead atoms. The standard InChI is InChI=1S/C18H17ClN2O6/c1-25-12-3-4-16(26-2)13(8-12)15(22)10-27-17(23)9-21-18(24)14-7-11(19)5-6-20-14/h3-8H,9-10H2,1-2H3,(H,21,24). The molecule has 9 heteroatoms. The summed E-state index contributed by atoms with van der Waals surface area (Å²) in [4.78, 5) is 39.8. The molecule has 0 fully saturated rings. The van der Waals surface area contributed by atoms with Crippen LogP contribution in [0.5, 0.6) is 11.5 Å². The minimum atomic E-state index is -0.777. The number of benzene rings is 1. The van der Waals surface area contributed by atoms with Crippen LogP contribution in [-0.4, -0.2) is 50.0 Å². The molecule has 142 valence electrons. The first-order valence-electron chi connectivity index (χ1n) is 7.75. The van der Waals surface area contributed by atoms with Crippen LogP contribution in [0.15, 0.2) is 36.5 Å². The van der Waals surface area contributed by atoms with Gasteiger partial charge in [-0.15, -0.1) is 0 Å². The Morgan fingerprint density at radius 3 is 2.56 bits per heavy atom. The Labute approximate surface area is 160 Å². The van der Waals surface area contributed by atoms with Crippen LogP contribution in [0.4, 0.5) is 0 Å². The normalized spacial score (nSPS) is 10.0. The number of ether oxygens (including phenoxy) is 3. The number of nitrogens with zero attached hydrogens (tertiary/aromatic N) is 1. The molecular weight excluding hydrogens is 376 g/mol. The zero-order valence-electron chi connectivity index (χ0n) is 14.7. The molecule has 8 nitrogen and oxygen atoms in total. The maximum atomic E-state index is 12.3. The highest BCUT2D eigenvalue weighted by Crippen LogP contribution is 2.24. The van der Waals surface area contributed by atoms with E-state index in [1.165, 1.54) is 38.6 Å². The topological polar surface area (TPSA) is 104 Å². The summed E-state index contributed by atoms with van der Waals surface area (Å²) in [5.74, 6) is -1.04. The van der Waals surface area contributed by atoms with Gasteiger partial charge in [-0.3, -0.25) is 19.4 Å². The number of amides is 1. The lowest BCUT2D eigenvalue weighted by molar-refractivity contribution is -0.141. The highest BCUT2D eigenvalue weighted by Gasteiger charge is 2.17. The van der Waals surface area contributed by atoms with Gasteiger partial charge in [-0.25, -0.2) is 0 Å². The van der Waals surface area contributed by atoms with Crippen LogP contribution < -0.4 is 14.8 Å². The minimum absolute atomic E-state index is 0.0625. The van der Waals surface area contributed by atoms with Gasteiger partial charge in [0.25, 0.3) is 5.91 Å². The van der Waals surface area contributed by atoms with E-state index >= 15 is 0 Å². The van der Waals surface area contributed by atoms with Gasteiger partial charge in [0, 0.05) is 11.2 Å². The molecule has 1 aromatic carbocycles. The van der Waals surface area contributed by atoms with Crippen LogP contribution in [0, 0.1) is 0 Å². The molecule has 0 saturated heterocycles. The molecule has 2 rings (SSSR count). The number of halogens is 1. The Kier molecular flexibility index (Phi) is 7.13. The first-order valence-corrected chi connectivity index (χ1v) is 8.13. The quantitative estimate of drug-likeness (QED) is 0.540. The van der Waals surface area contributed by atoms with E-state index in [2.05, 4.69) is 10.3 Å². The lowest BCUT2D eigenvalue weighted by Crippen LogP contribution is -2.32. The molecule has 2 aromatic rings.